The molecule has 0 aromatic heterocycles. The lowest BCUT2D eigenvalue weighted by atomic mass is 10.1. The molecule has 1 aromatic rings. The molecule has 1 saturated heterocycles. The molecule has 1 atom stereocenters. The van der Waals surface area contributed by atoms with Crippen molar-refractivity contribution < 1.29 is 19.4 Å². The number of nitrogens with zero attached hydrogens (tertiary/aromatic N) is 2. The van der Waals surface area contributed by atoms with E-state index in [0.29, 0.717) is 24.6 Å². The molecule has 1 amide bonds. The zero-order valence-corrected chi connectivity index (χ0v) is 13.0. The normalized spacial score (nSPS) is 18.0. The first-order chi connectivity index (χ1) is 10.5. The van der Waals surface area contributed by atoms with Gasteiger partial charge in [0.1, 0.15) is 5.75 Å². The van der Waals surface area contributed by atoms with Crippen molar-refractivity contribution in [3.05, 3.63) is 29.8 Å². The largest absolute Gasteiger partial charge is 0.482 e. The second-order valence-corrected chi connectivity index (χ2v) is 5.83. The number of carboxylic acid groups (broad SMARTS) is 1. The smallest absolute Gasteiger partial charge is 0.341 e. The number of hydrogen-bond donors (Lipinski definition) is 1. The summed E-state index contributed by atoms with van der Waals surface area (Å²) >= 11 is 0. The van der Waals surface area contributed by atoms with E-state index in [0.717, 1.165) is 18.7 Å². The summed E-state index contributed by atoms with van der Waals surface area (Å²) in [5.41, 5.74) is 0.948. The van der Waals surface area contributed by atoms with Crippen LogP contribution >= 0.6 is 0 Å². The van der Waals surface area contributed by atoms with Crippen LogP contribution in [0.5, 0.6) is 5.75 Å². The molecular weight excluding hydrogens is 284 g/mol. The molecule has 0 saturated carbocycles. The number of amides is 1. The predicted molar refractivity (Wildman–Crippen MR) is 81.7 cm³/mol. The molecule has 1 aliphatic heterocycles. The minimum absolute atomic E-state index is 0.198. The van der Waals surface area contributed by atoms with Gasteiger partial charge >= 0.3 is 5.97 Å². The molecule has 1 aliphatic rings. The molecule has 0 bridgehead atoms. The molecular formula is C16H22N2O4. The van der Waals surface area contributed by atoms with Gasteiger partial charge in [-0.2, -0.15) is 0 Å². The molecule has 22 heavy (non-hydrogen) atoms. The Morgan fingerprint density at radius 3 is 2.82 bits per heavy atom. The highest BCUT2D eigenvalue weighted by Gasteiger charge is 2.27. The Kier molecular flexibility index (Phi) is 5.38. The predicted octanol–water partition coefficient (Wildman–Crippen LogP) is 1.06. The average Bonchev–Trinajstić information content (AvgIpc) is 2.76. The van der Waals surface area contributed by atoms with Crippen molar-refractivity contribution >= 4 is 11.9 Å². The van der Waals surface area contributed by atoms with Crippen LogP contribution in [0.1, 0.15) is 12.0 Å². The third kappa shape index (κ3) is 4.46. The van der Waals surface area contributed by atoms with E-state index in [1.807, 2.05) is 32.3 Å². The first-order valence-corrected chi connectivity index (χ1v) is 7.30. The molecule has 0 aliphatic carbocycles. The Bertz CT molecular complexity index is 547. The zero-order valence-electron chi connectivity index (χ0n) is 13.0. The topological polar surface area (TPSA) is 70.1 Å². The van der Waals surface area contributed by atoms with Gasteiger partial charge in [-0.1, -0.05) is 18.2 Å². The molecule has 2 rings (SSSR count). The fraction of sp³-hybridized carbons (Fsp3) is 0.500. The SMILES string of the molecule is CN(Cc1ccccc1OCC(=O)O)C[C@H]1CC(=O)N(C)C1. The first kappa shape index (κ1) is 16.3. The first-order valence-electron chi connectivity index (χ1n) is 7.30. The summed E-state index contributed by atoms with van der Waals surface area (Å²) in [5, 5.41) is 8.71. The molecule has 0 unspecified atom stereocenters. The van der Waals surface area contributed by atoms with E-state index >= 15 is 0 Å². The molecule has 6 nitrogen and oxygen atoms in total. The van der Waals surface area contributed by atoms with E-state index in [1.54, 1.807) is 11.0 Å². The number of likely N-dealkylation sites (tertiary alicyclic amines) is 1. The van der Waals surface area contributed by atoms with Gasteiger partial charge in [0.2, 0.25) is 5.91 Å². The third-order valence-electron chi connectivity index (χ3n) is 3.75. The summed E-state index contributed by atoms with van der Waals surface area (Å²) in [5.74, 6) is 0.144. The van der Waals surface area contributed by atoms with E-state index in [9.17, 15) is 9.59 Å². The van der Waals surface area contributed by atoms with Crippen LogP contribution in [-0.2, 0) is 16.1 Å². The number of ether oxygens (including phenoxy) is 1. The number of carbonyl (C=O) groups excluding carboxylic acids is 1. The highest BCUT2D eigenvalue weighted by molar-refractivity contribution is 5.78. The van der Waals surface area contributed by atoms with E-state index in [2.05, 4.69) is 4.90 Å². The molecule has 1 fully saturated rings. The van der Waals surface area contributed by atoms with E-state index < -0.39 is 5.97 Å². The summed E-state index contributed by atoms with van der Waals surface area (Å²) in [6, 6.07) is 7.44. The number of rotatable bonds is 7. The van der Waals surface area contributed by atoms with Crippen molar-refractivity contribution in [3.8, 4) is 5.75 Å². The molecule has 0 spiro atoms. The van der Waals surface area contributed by atoms with Gasteiger partial charge in [-0.3, -0.25) is 4.79 Å². The van der Waals surface area contributed by atoms with Crippen molar-refractivity contribution in [2.45, 2.75) is 13.0 Å². The second-order valence-electron chi connectivity index (χ2n) is 5.83. The maximum atomic E-state index is 11.6. The number of hydrogen-bond acceptors (Lipinski definition) is 4. The van der Waals surface area contributed by atoms with Crippen LogP contribution in [0, 0.1) is 5.92 Å². The van der Waals surface area contributed by atoms with Crippen LogP contribution in [0.15, 0.2) is 24.3 Å². The Labute approximate surface area is 130 Å². The van der Waals surface area contributed by atoms with E-state index in [-0.39, 0.29) is 12.5 Å². The van der Waals surface area contributed by atoms with Crippen LogP contribution in [0.25, 0.3) is 0 Å². The Morgan fingerprint density at radius 1 is 1.45 bits per heavy atom. The molecule has 6 heteroatoms. The Morgan fingerprint density at radius 2 is 2.18 bits per heavy atom. The van der Waals surface area contributed by atoms with Crippen LogP contribution in [0.4, 0.5) is 0 Å². The standard InChI is InChI=1S/C16H22N2O4/c1-17(8-12-7-15(19)18(2)9-12)10-13-5-3-4-6-14(13)22-11-16(20)21/h3-6,12H,7-11H2,1-2H3,(H,20,21)/t12-/m1/s1. The van der Waals surface area contributed by atoms with Crippen molar-refractivity contribution in [1.29, 1.82) is 0 Å². The lowest BCUT2D eigenvalue weighted by Gasteiger charge is -2.21. The molecule has 1 N–H and O–H groups in total. The van der Waals surface area contributed by atoms with Crippen LogP contribution in [-0.4, -0.2) is 60.6 Å². The number of carboxylic acids is 1. The van der Waals surface area contributed by atoms with E-state index in [1.165, 1.54) is 0 Å². The van der Waals surface area contributed by atoms with Gasteiger partial charge in [0, 0.05) is 38.7 Å². The molecule has 1 aromatic carbocycles. The minimum atomic E-state index is -0.990. The van der Waals surface area contributed by atoms with E-state index in [4.69, 9.17) is 9.84 Å². The Hall–Kier alpha value is -2.08. The fourth-order valence-electron chi connectivity index (χ4n) is 2.79. The lowest BCUT2D eigenvalue weighted by molar-refractivity contribution is -0.139. The van der Waals surface area contributed by atoms with Crippen molar-refractivity contribution in [2.24, 2.45) is 5.92 Å². The number of aliphatic carboxylic acids is 1. The fourth-order valence-corrected chi connectivity index (χ4v) is 2.79. The van der Waals surface area contributed by atoms with Crippen molar-refractivity contribution in [3.63, 3.8) is 0 Å². The summed E-state index contributed by atoms with van der Waals surface area (Å²) in [6.07, 6.45) is 0.595. The van der Waals surface area contributed by atoms with Crippen LogP contribution in [0.3, 0.4) is 0 Å². The van der Waals surface area contributed by atoms with Gasteiger partial charge < -0.3 is 19.6 Å². The number of benzene rings is 1. The van der Waals surface area contributed by atoms with Crippen molar-refractivity contribution in [1.82, 2.24) is 9.80 Å². The lowest BCUT2D eigenvalue weighted by Crippen LogP contribution is -2.27. The number of para-hydroxylation sites is 1. The van der Waals surface area contributed by atoms with Gasteiger partial charge in [-0.25, -0.2) is 4.79 Å². The maximum absolute atomic E-state index is 11.6. The highest BCUT2D eigenvalue weighted by atomic mass is 16.5. The summed E-state index contributed by atoms with van der Waals surface area (Å²) in [6.45, 7) is 1.93. The maximum Gasteiger partial charge on any atom is 0.341 e. The minimum Gasteiger partial charge on any atom is -0.482 e. The van der Waals surface area contributed by atoms with Gasteiger partial charge in [0.15, 0.2) is 6.61 Å². The zero-order chi connectivity index (χ0) is 16.1. The molecule has 120 valence electrons. The van der Waals surface area contributed by atoms with Gasteiger partial charge in [0.05, 0.1) is 0 Å². The molecule has 0 radical (unpaired) electrons. The van der Waals surface area contributed by atoms with Crippen molar-refractivity contribution in [2.75, 3.05) is 33.8 Å². The van der Waals surface area contributed by atoms with Crippen LogP contribution in [0.2, 0.25) is 0 Å². The van der Waals surface area contributed by atoms with Gasteiger partial charge in [0.25, 0.3) is 0 Å². The van der Waals surface area contributed by atoms with Crippen LogP contribution < -0.4 is 4.74 Å². The van der Waals surface area contributed by atoms with Gasteiger partial charge in [-0.05, 0) is 19.0 Å². The number of carbonyl (C=O) groups is 2. The summed E-state index contributed by atoms with van der Waals surface area (Å²) in [4.78, 5) is 26.1. The average molecular weight is 306 g/mol. The van der Waals surface area contributed by atoms with Gasteiger partial charge in [-0.15, -0.1) is 0 Å². The third-order valence-corrected chi connectivity index (χ3v) is 3.75. The summed E-state index contributed by atoms with van der Waals surface area (Å²) < 4.78 is 5.31. The monoisotopic (exact) mass is 306 g/mol. The highest BCUT2D eigenvalue weighted by Crippen LogP contribution is 2.22. The summed E-state index contributed by atoms with van der Waals surface area (Å²) in [7, 11) is 3.83. The second kappa shape index (κ2) is 7.26. The molecule has 1 heterocycles. The quantitative estimate of drug-likeness (QED) is 0.816. The Balaban J connectivity index is 1.92.